The second-order valence-corrected chi connectivity index (χ2v) is 4.08. The minimum atomic E-state index is -0.338. The number of rotatable bonds is 5. The summed E-state index contributed by atoms with van der Waals surface area (Å²) in [6, 6.07) is 15.8. The highest BCUT2D eigenvalue weighted by atomic mass is 19.1. The van der Waals surface area contributed by atoms with Gasteiger partial charge in [0.25, 0.3) is 0 Å². The summed E-state index contributed by atoms with van der Waals surface area (Å²) in [7, 11) is 0. The number of hydrogen-bond acceptors (Lipinski definition) is 2. The van der Waals surface area contributed by atoms with Crippen LogP contribution in [0, 0.1) is 5.82 Å². The van der Waals surface area contributed by atoms with Crippen molar-refractivity contribution in [1.82, 2.24) is 0 Å². The third-order valence-corrected chi connectivity index (χ3v) is 2.75. The summed E-state index contributed by atoms with van der Waals surface area (Å²) in [4.78, 5) is 0. The molecule has 0 saturated heterocycles. The van der Waals surface area contributed by atoms with Crippen molar-refractivity contribution in [2.45, 2.75) is 12.5 Å². The molecular formula is C15H16FNO. The molecule has 0 aliphatic heterocycles. The molecule has 2 rings (SSSR count). The van der Waals surface area contributed by atoms with E-state index in [9.17, 15) is 4.39 Å². The molecule has 2 N–H and O–H groups in total. The highest BCUT2D eigenvalue weighted by Crippen LogP contribution is 2.18. The molecular weight excluding hydrogens is 229 g/mol. The van der Waals surface area contributed by atoms with E-state index < -0.39 is 0 Å². The second kappa shape index (κ2) is 6.17. The molecule has 94 valence electrons. The molecule has 1 atom stereocenters. The molecule has 0 heterocycles. The standard InChI is InChI=1S/C15H16FNO/c16-14-9-5-4-8-13(14)15(17)10-11-18-12-6-2-1-3-7-12/h1-9,15H,10-11,17H2. The lowest BCUT2D eigenvalue weighted by molar-refractivity contribution is 0.297. The largest absolute Gasteiger partial charge is 0.494 e. The van der Waals surface area contributed by atoms with Crippen molar-refractivity contribution in [2.75, 3.05) is 6.61 Å². The third kappa shape index (κ3) is 3.31. The maximum absolute atomic E-state index is 13.5. The van der Waals surface area contributed by atoms with Crippen LogP contribution in [0.15, 0.2) is 54.6 Å². The average Bonchev–Trinajstić information content (AvgIpc) is 2.40. The zero-order valence-electron chi connectivity index (χ0n) is 10.1. The van der Waals surface area contributed by atoms with Crippen LogP contribution in [0.1, 0.15) is 18.0 Å². The molecule has 2 aromatic carbocycles. The predicted octanol–water partition coefficient (Wildman–Crippen LogP) is 3.29. The van der Waals surface area contributed by atoms with Crippen LogP contribution in [-0.4, -0.2) is 6.61 Å². The number of ether oxygens (including phenoxy) is 1. The van der Waals surface area contributed by atoms with E-state index in [0.717, 1.165) is 5.75 Å². The number of benzene rings is 2. The molecule has 0 bridgehead atoms. The van der Waals surface area contributed by atoms with Gasteiger partial charge in [-0.05, 0) is 18.2 Å². The molecule has 0 radical (unpaired) electrons. The Morgan fingerprint density at radius 1 is 1.00 bits per heavy atom. The van der Waals surface area contributed by atoms with Crippen LogP contribution >= 0.6 is 0 Å². The van der Waals surface area contributed by atoms with Gasteiger partial charge < -0.3 is 10.5 Å². The normalized spacial score (nSPS) is 12.1. The van der Waals surface area contributed by atoms with Crippen molar-refractivity contribution >= 4 is 0 Å². The Kier molecular flexibility index (Phi) is 4.31. The third-order valence-electron chi connectivity index (χ3n) is 2.75. The van der Waals surface area contributed by atoms with E-state index in [-0.39, 0.29) is 11.9 Å². The van der Waals surface area contributed by atoms with Gasteiger partial charge in [0.15, 0.2) is 0 Å². The van der Waals surface area contributed by atoms with Gasteiger partial charge in [0.1, 0.15) is 11.6 Å². The fourth-order valence-electron chi connectivity index (χ4n) is 1.75. The fraction of sp³-hybridized carbons (Fsp3) is 0.200. The van der Waals surface area contributed by atoms with Gasteiger partial charge in [-0.3, -0.25) is 0 Å². The van der Waals surface area contributed by atoms with Gasteiger partial charge in [-0.2, -0.15) is 0 Å². The molecule has 1 unspecified atom stereocenters. The Morgan fingerprint density at radius 3 is 2.39 bits per heavy atom. The molecule has 0 saturated carbocycles. The van der Waals surface area contributed by atoms with Gasteiger partial charge >= 0.3 is 0 Å². The van der Waals surface area contributed by atoms with Crippen molar-refractivity contribution in [2.24, 2.45) is 5.73 Å². The maximum Gasteiger partial charge on any atom is 0.127 e. The molecule has 0 aromatic heterocycles. The molecule has 0 spiro atoms. The van der Waals surface area contributed by atoms with Crippen molar-refractivity contribution in [3.63, 3.8) is 0 Å². The molecule has 2 aromatic rings. The highest BCUT2D eigenvalue weighted by Gasteiger charge is 2.10. The van der Waals surface area contributed by atoms with Crippen LogP contribution in [0.3, 0.4) is 0 Å². The summed E-state index contributed by atoms with van der Waals surface area (Å²) in [6.45, 7) is 0.472. The van der Waals surface area contributed by atoms with E-state index in [2.05, 4.69) is 0 Å². The number of hydrogen-bond donors (Lipinski definition) is 1. The van der Waals surface area contributed by atoms with E-state index >= 15 is 0 Å². The van der Waals surface area contributed by atoms with Crippen LogP contribution in [0.2, 0.25) is 0 Å². The number of nitrogens with two attached hydrogens (primary N) is 1. The summed E-state index contributed by atoms with van der Waals surface area (Å²) in [5.41, 5.74) is 6.48. The lowest BCUT2D eigenvalue weighted by Gasteiger charge is -2.13. The summed E-state index contributed by atoms with van der Waals surface area (Å²) < 4.78 is 19.0. The number of para-hydroxylation sites is 1. The first kappa shape index (κ1) is 12.6. The van der Waals surface area contributed by atoms with Crippen LogP contribution in [0.4, 0.5) is 4.39 Å². The quantitative estimate of drug-likeness (QED) is 0.877. The van der Waals surface area contributed by atoms with Crippen molar-refractivity contribution in [1.29, 1.82) is 0 Å². The lowest BCUT2D eigenvalue weighted by Crippen LogP contribution is -2.15. The molecule has 0 amide bonds. The monoisotopic (exact) mass is 245 g/mol. The summed E-state index contributed by atoms with van der Waals surface area (Å²) in [5.74, 6) is 0.544. The van der Waals surface area contributed by atoms with Gasteiger partial charge in [0.2, 0.25) is 0 Å². The van der Waals surface area contributed by atoms with Crippen molar-refractivity contribution < 1.29 is 9.13 Å². The smallest absolute Gasteiger partial charge is 0.127 e. The molecule has 2 nitrogen and oxygen atoms in total. The summed E-state index contributed by atoms with van der Waals surface area (Å²) >= 11 is 0. The minimum Gasteiger partial charge on any atom is -0.494 e. The predicted molar refractivity (Wildman–Crippen MR) is 69.9 cm³/mol. The Hall–Kier alpha value is -1.87. The van der Waals surface area contributed by atoms with Gasteiger partial charge in [0.05, 0.1) is 6.61 Å². The molecule has 3 heteroatoms. The Balaban J connectivity index is 1.86. The van der Waals surface area contributed by atoms with E-state index in [4.69, 9.17) is 10.5 Å². The van der Waals surface area contributed by atoms with Gasteiger partial charge in [-0.25, -0.2) is 4.39 Å². The second-order valence-electron chi connectivity index (χ2n) is 4.08. The van der Waals surface area contributed by atoms with E-state index in [0.29, 0.717) is 18.6 Å². The summed E-state index contributed by atoms with van der Waals surface area (Å²) in [5, 5.41) is 0. The molecule has 0 fully saturated rings. The topological polar surface area (TPSA) is 35.2 Å². The average molecular weight is 245 g/mol. The molecule has 18 heavy (non-hydrogen) atoms. The molecule has 0 aliphatic carbocycles. The minimum absolute atomic E-state index is 0.260. The van der Waals surface area contributed by atoms with Crippen LogP contribution in [0.25, 0.3) is 0 Å². The SMILES string of the molecule is NC(CCOc1ccccc1)c1ccccc1F. The molecule has 0 aliphatic rings. The zero-order chi connectivity index (χ0) is 12.8. The van der Waals surface area contributed by atoms with Crippen LogP contribution in [0.5, 0.6) is 5.75 Å². The fourth-order valence-corrected chi connectivity index (χ4v) is 1.75. The van der Waals surface area contributed by atoms with Gasteiger partial charge in [-0.15, -0.1) is 0 Å². The summed E-state index contributed by atoms with van der Waals surface area (Å²) in [6.07, 6.45) is 0.579. The van der Waals surface area contributed by atoms with Crippen molar-refractivity contribution in [3.05, 3.63) is 66.0 Å². The zero-order valence-corrected chi connectivity index (χ0v) is 10.1. The van der Waals surface area contributed by atoms with Crippen LogP contribution in [-0.2, 0) is 0 Å². The first-order valence-electron chi connectivity index (χ1n) is 5.95. The van der Waals surface area contributed by atoms with Crippen molar-refractivity contribution in [3.8, 4) is 5.75 Å². The van der Waals surface area contributed by atoms with Crippen LogP contribution < -0.4 is 10.5 Å². The first-order valence-corrected chi connectivity index (χ1v) is 5.95. The highest BCUT2D eigenvalue weighted by molar-refractivity contribution is 5.22. The van der Waals surface area contributed by atoms with E-state index in [1.165, 1.54) is 6.07 Å². The first-order chi connectivity index (χ1) is 8.77. The lowest BCUT2D eigenvalue weighted by atomic mass is 10.0. The van der Waals surface area contributed by atoms with Gasteiger partial charge in [0, 0.05) is 18.0 Å². The van der Waals surface area contributed by atoms with E-state index in [1.54, 1.807) is 18.2 Å². The van der Waals surface area contributed by atoms with E-state index in [1.807, 2.05) is 30.3 Å². The maximum atomic E-state index is 13.5. The number of halogens is 1. The Bertz CT molecular complexity index is 487. The Morgan fingerprint density at radius 2 is 1.67 bits per heavy atom. The van der Waals surface area contributed by atoms with Gasteiger partial charge in [-0.1, -0.05) is 36.4 Å². The Labute approximate surface area is 106 Å².